The van der Waals surface area contributed by atoms with Crippen LogP contribution in [-0.2, 0) is 4.43 Å². The minimum absolute atomic E-state index is 0.00849. The molecule has 1 aliphatic heterocycles. The van der Waals surface area contributed by atoms with Gasteiger partial charge in [-0.25, -0.2) is 0 Å². The first-order chi connectivity index (χ1) is 12.9. The summed E-state index contributed by atoms with van der Waals surface area (Å²) in [4.78, 5) is 0. The topological polar surface area (TPSA) is 9.23 Å². The molecule has 0 aliphatic carbocycles. The lowest BCUT2D eigenvalue weighted by Gasteiger charge is -2.13. The Morgan fingerprint density at radius 3 is 1.31 bits per heavy atom. The Hall–Kier alpha value is -2.42. The van der Waals surface area contributed by atoms with Gasteiger partial charge in [-0.2, -0.15) is 0 Å². The van der Waals surface area contributed by atoms with E-state index in [2.05, 4.69) is 72.8 Å². The molecule has 1 saturated heterocycles. The van der Waals surface area contributed by atoms with E-state index in [-0.39, 0.29) is 9.76 Å². The molecule has 1 aliphatic rings. The van der Waals surface area contributed by atoms with Gasteiger partial charge in [0.25, 0.3) is 0 Å². The van der Waals surface area contributed by atoms with E-state index in [9.17, 15) is 0 Å². The van der Waals surface area contributed by atoms with Gasteiger partial charge < -0.3 is 4.43 Å². The molecule has 0 radical (unpaired) electrons. The third kappa shape index (κ3) is 2.57. The number of fused-ring (bicyclic) bond motifs is 2. The zero-order valence-electron chi connectivity index (χ0n) is 14.9. The van der Waals surface area contributed by atoms with E-state index in [1.54, 1.807) is 0 Å². The van der Waals surface area contributed by atoms with E-state index in [4.69, 9.17) is 4.43 Å². The molecule has 5 aromatic rings. The Bertz CT molecular complexity index is 1010. The van der Waals surface area contributed by atoms with Crippen molar-refractivity contribution in [1.82, 2.24) is 0 Å². The molecule has 0 saturated carbocycles. The lowest BCUT2D eigenvalue weighted by Crippen LogP contribution is -2.06. The van der Waals surface area contributed by atoms with E-state index < -0.39 is 0 Å². The lowest BCUT2D eigenvalue weighted by atomic mass is 9.90. The van der Waals surface area contributed by atoms with Crippen LogP contribution in [0.4, 0.5) is 0 Å². The van der Waals surface area contributed by atoms with E-state index in [1.807, 2.05) is 0 Å². The first-order valence-corrected chi connectivity index (χ1v) is 11.1. The highest BCUT2D eigenvalue weighted by atomic mass is 28.2. The number of hydrogen-bond acceptors (Lipinski definition) is 1. The highest BCUT2D eigenvalue weighted by Gasteiger charge is 2.11. The summed E-state index contributed by atoms with van der Waals surface area (Å²) in [7, 11) is 0.00849. The van der Waals surface area contributed by atoms with Crippen LogP contribution in [0.3, 0.4) is 0 Å². The molecule has 0 unspecified atom stereocenters. The Morgan fingerprint density at radius 1 is 0.577 bits per heavy atom. The summed E-state index contributed by atoms with van der Waals surface area (Å²) in [6.45, 7) is 1.06. The Balaban J connectivity index is 0.000000215. The monoisotopic (exact) mass is 354 g/mol. The van der Waals surface area contributed by atoms with Crippen LogP contribution in [0, 0.1) is 0 Å². The van der Waals surface area contributed by atoms with E-state index >= 15 is 0 Å². The molecule has 0 N–H and O–H groups in total. The van der Waals surface area contributed by atoms with Crippen LogP contribution in [0.2, 0.25) is 6.04 Å². The Morgan fingerprint density at radius 2 is 1.04 bits per heavy atom. The molecule has 0 amide bonds. The van der Waals surface area contributed by atoms with Crippen LogP contribution in [0.1, 0.15) is 12.8 Å². The van der Waals surface area contributed by atoms with Gasteiger partial charge in [-0.3, -0.25) is 0 Å². The second kappa shape index (κ2) is 6.71. The second-order valence-corrected chi connectivity index (χ2v) is 8.62. The molecule has 0 atom stereocenters. The highest BCUT2D eigenvalue weighted by Crippen LogP contribution is 2.39. The van der Waals surface area contributed by atoms with Gasteiger partial charge in [0.1, 0.15) is 0 Å². The van der Waals surface area contributed by atoms with Gasteiger partial charge in [0, 0.05) is 6.61 Å². The van der Waals surface area contributed by atoms with Crippen LogP contribution >= 0.6 is 0 Å². The fourth-order valence-electron chi connectivity index (χ4n) is 4.27. The number of rotatable bonds is 0. The fourth-order valence-corrected chi connectivity index (χ4v) is 5.44. The molecule has 0 bridgehead atoms. The Kier molecular flexibility index (Phi) is 4.08. The Labute approximate surface area is 155 Å². The van der Waals surface area contributed by atoms with Crippen molar-refractivity contribution in [2.45, 2.75) is 18.9 Å². The van der Waals surface area contributed by atoms with Crippen molar-refractivity contribution in [3.63, 3.8) is 0 Å². The highest BCUT2D eigenvalue weighted by molar-refractivity contribution is 6.32. The molecule has 6 rings (SSSR count). The quantitative estimate of drug-likeness (QED) is 0.187. The summed E-state index contributed by atoms with van der Waals surface area (Å²) < 4.78 is 5.21. The maximum atomic E-state index is 5.21. The van der Waals surface area contributed by atoms with Crippen molar-refractivity contribution in [3.8, 4) is 0 Å². The van der Waals surface area contributed by atoms with Crippen LogP contribution in [0.5, 0.6) is 0 Å². The third-order valence-electron chi connectivity index (χ3n) is 5.47. The van der Waals surface area contributed by atoms with Crippen molar-refractivity contribution < 1.29 is 4.43 Å². The summed E-state index contributed by atoms with van der Waals surface area (Å²) in [6, 6.07) is 27.9. The average molecular weight is 355 g/mol. The van der Waals surface area contributed by atoms with Gasteiger partial charge in [-0.05, 0) is 55.6 Å². The molecular formula is C24H22OSi. The van der Waals surface area contributed by atoms with Crippen molar-refractivity contribution in [2.24, 2.45) is 0 Å². The lowest BCUT2D eigenvalue weighted by molar-refractivity contribution is 0.304. The second-order valence-electron chi connectivity index (χ2n) is 7.09. The molecule has 1 nitrogen and oxygen atoms in total. The van der Waals surface area contributed by atoms with Gasteiger partial charge in [0.15, 0.2) is 9.76 Å². The normalized spacial score (nSPS) is 15.7. The van der Waals surface area contributed by atoms with Crippen LogP contribution < -0.4 is 0 Å². The number of hydrogen-bond donors (Lipinski definition) is 0. The van der Waals surface area contributed by atoms with Crippen LogP contribution in [0.15, 0.2) is 72.8 Å². The summed E-state index contributed by atoms with van der Waals surface area (Å²) in [6.07, 6.45) is 2.75. The third-order valence-corrected chi connectivity index (χ3v) is 6.83. The van der Waals surface area contributed by atoms with Crippen molar-refractivity contribution in [1.29, 1.82) is 0 Å². The maximum absolute atomic E-state index is 5.21. The standard InChI is InChI=1S/C20H12.C4H10OSi/c1-5-13-6-2-11-17-18-12-4-8-14-7-3-10-16(20(14)18)15(9-1)19(13)17;1-2-4-6-5-3-1/h1-12H;1-4,6H2. The zero-order chi connectivity index (χ0) is 17.3. The molecule has 0 aromatic heterocycles. The van der Waals surface area contributed by atoms with E-state index in [1.165, 1.54) is 62.0 Å². The molecule has 128 valence electrons. The largest absolute Gasteiger partial charge is 0.424 e. The van der Waals surface area contributed by atoms with Crippen LogP contribution in [-0.4, -0.2) is 16.4 Å². The van der Waals surface area contributed by atoms with Gasteiger partial charge in [-0.15, -0.1) is 0 Å². The molecule has 1 fully saturated rings. The maximum Gasteiger partial charge on any atom is 0.161 e. The number of benzene rings is 5. The molecule has 2 heteroatoms. The summed E-state index contributed by atoms with van der Waals surface area (Å²) in [5.74, 6) is 0. The van der Waals surface area contributed by atoms with Gasteiger partial charge >= 0.3 is 0 Å². The minimum atomic E-state index is 0.00849. The smallest absolute Gasteiger partial charge is 0.161 e. The summed E-state index contributed by atoms with van der Waals surface area (Å²) >= 11 is 0. The molecular weight excluding hydrogens is 332 g/mol. The fraction of sp³-hybridized carbons (Fsp3) is 0.167. The minimum Gasteiger partial charge on any atom is -0.424 e. The molecule has 26 heavy (non-hydrogen) atoms. The van der Waals surface area contributed by atoms with E-state index in [0.717, 1.165) is 6.61 Å². The summed E-state index contributed by atoms with van der Waals surface area (Å²) in [5, 5.41) is 10.9. The molecule has 5 aromatic carbocycles. The molecule has 1 heterocycles. The SMILES string of the molecule is C1CC[SiH2]OC1.c1cc2cccc3c4cccc5cccc(c(c1)c23)c54. The first kappa shape index (κ1) is 15.8. The van der Waals surface area contributed by atoms with Crippen LogP contribution in [0.25, 0.3) is 43.1 Å². The zero-order valence-corrected chi connectivity index (χ0v) is 16.3. The predicted octanol–water partition coefficient (Wildman–Crippen LogP) is 6.04. The average Bonchev–Trinajstić information content (AvgIpc) is 2.73. The van der Waals surface area contributed by atoms with Crippen molar-refractivity contribution in [2.75, 3.05) is 6.61 Å². The first-order valence-electron chi connectivity index (χ1n) is 9.55. The molecule has 0 spiro atoms. The van der Waals surface area contributed by atoms with Gasteiger partial charge in [0.05, 0.1) is 0 Å². The predicted molar refractivity (Wildman–Crippen MR) is 116 cm³/mol. The van der Waals surface area contributed by atoms with Crippen molar-refractivity contribution in [3.05, 3.63) is 72.8 Å². The summed E-state index contributed by atoms with van der Waals surface area (Å²) in [5.41, 5.74) is 0. The van der Waals surface area contributed by atoms with E-state index in [0.29, 0.717) is 0 Å². The van der Waals surface area contributed by atoms with Gasteiger partial charge in [0.2, 0.25) is 0 Å². The van der Waals surface area contributed by atoms with Crippen molar-refractivity contribution >= 4 is 52.9 Å². The van der Waals surface area contributed by atoms with Gasteiger partial charge in [-0.1, -0.05) is 79.2 Å².